The zero-order valence-electron chi connectivity index (χ0n) is 11.9. The van der Waals surface area contributed by atoms with E-state index in [1.54, 1.807) is 0 Å². The molecule has 21 heavy (non-hydrogen) atoms. The summed E-state index contributed by atoms with van der Waals surface area (Å²) in [5, 5.41) is 17.4. The largest absolute Gasteiger partial charge is 0.486 e. The summed E-state index contributed by atoms with van der Waals surface area (Å²) in [7, 11) is 0. The van der Waals surface area contributed by atoms with Crippen LogP contribution < -0.4 is 4.74 Å². The predicted octanol–water partition coefficient (Wildman–Crippen LogP) is 2.36. The first-order valence-corrected chi connectivity index (χ1v) is 7.55. The molecule has 0 atom stereocenters. The summed E-state index contributed by atoms with van der Waals surface area (Å²) in [5.74, 6) is 0.562. The first-order chi connectivity index (χ1) is 10.1. The van der Waals surface area contributed by atoms with Crippen LogP contribution in [0.2, 0.25) is 0 Å². The minimum Gasteiger partial charge on any atom is -0.486 e. The van der Waals surface area contributed by atoms with Gasteiger partial charge in [0.1, 0.15) is 12.4 Å². The van der Waals surface area contributed by atoms with Crippen molar-refractivity contribution in [1.82, 2.24) is 14.8 Å². The lowest BCUT2D eigenvalue weighted by atomic mass is 10.2. The molecule has 6 nitrogen and oxygen atoms in total. The number of nitrogens with zero attached hydrogens (tertiary/aromatic N) is 3. The van der Waals surface area contributed by atoms with Crippen LogP contribution >= 0.6 is 11.8 Å². The highest BCUT2D eigenvalue weighted by Crippen LogP contribution is 2.19. The highest BCUT2D eigenvalue weighted by Gasteiger charge is 2.13. The standard InChI is InChI=1S/C14H17N3O3S/c1-3-17-12(15-16-14(17)21-9-13(18)19)8-20-11-6-4-5-10(2)7-11/h4-7H,3,8-9H2,1-2H3,(H,18,19). The Kier molecular flexibility index (Phi) is 5.21. The molecule has 7 heteroatoms. The molecule has 1 heterocycles. The Bertz CT molecular complexity index is 628. The van der Waals surface area contributed by atoms with Crippen LogP contribution in [-0.2, 0) is 17.9 Å². The van der Waals surface area contributed by atoms with Gasteiger partial charge in [-0.3, -0.25) is 4.79 Å². The highest BCUT2D eigenvalue weighted by molar-refractivity contribution is 7.99. The summed E-state index contributed by atoms with van der Waals surface area (Å²) in [6.07, 6.45) is 0. The Morgan fingerprint density at radius 1 is 1.43 bits per heavy atom. The molecule has 0 saturated carbocycles. The molecule has 2 rings (SSSR count). The van der Waals surface area contributed by atoms with Crippen molar-refractivity contribution in [3.05, 3.63) is 35.7 Å². The maximum absolute atomic E-state index is 10.6. The van der Waals surface area contributed by atoms with Crippen LogP contribution in [0, 0.1) is 6.92 Å². The minimum atomic E-state index is -0.872. The second-order valence-electron chi connectivity index (χ2n) is 4.43. The molecule has 0 aliphatic heterocycles. The number of aromatic nitrogens is 3. The molecule has 0 spiro atoms. The van der Waals surface area contributed by atoms with Crippen LogP contribution in [0.25, 0.3) is 0 Å². The van der Waals surface area contributed by atoms with E-state index in [2.05, 4.69) is 10.2 Å². The molecule has 1 N–H and O–H groups in total. The minimum absolute atomic E-state index is 0.0309. The van der Waals surface area contributed by atoms with E-state index < -0.39 is 5.97 Å². The van der Waals surface area contributed by atoms with Gasteiger partial charge in [0, 0.05) is 6.54 Å². The topological polar surface area (TPSA) is 77.2 Å². The number of carboxylic acids is 1. The second-order valence-corrected chi connectivity index (χ2v) is 5.37. The van der Waals surface area contributed by atoms with E-state index in [4.69, 9.17) is 9.84 Å². The van der Waals surface area contributed by atoms with Crippen molar-refractivity contribution in [2.45, 2.75) is 32.2 Å². The van der Waals surface area contributed by atoms with Crippen molar-refractivity contribution in [3.63, 3.8) is 0 Å². The molecule has 0 aliphatic rings. The van der Waals surface area contributed by atoms with E-state index in [9.17, 15) is 4.79 Å². The third-order valence-corrected chi connectivity index (χ3v) is 3.74. The summed E-state index contributed by atoms with van der Waals surface area (Å²) in [5.41, 5.74) is 1.13. The van der Waals surface area contributed by atoms with E-state index in [0.29, 0.717) is 24.1 Å². The number of aliphatic carboxylic acids is 1. The van der Waals surface area contributed by atoms with Gasteiger partial charge in [0.25, 0.3) is 0 Å². The van der Waals surface area contributed by atoms with E-state index in [0.717, 1.165) is 23.1 Å². The van der Waals surface area contributed by atoms with Gasteiger partial charge >= 0.3 is 5.97 Å². The van der Waals surface area contributed by atoms with Crippen molar-refractivity contribution in [1.29, 1.82) is 0 Å². The molecule has 0 bridgehead atoms. The van der Waals surface area contributed by atoms with Gasteiger partial charge in [-0.1, -0.05) is 23.9 Å². The quantitative estimate of drug-likeness (QED) is 0.791. The Balaban J connectivity index is 2.04. The van der Waals surface area contributed by atoms with Gasteiger partial charge in [-0.2, -0.15) is 0 Å². The maximum Gasteiger partial charge on any atom is 0.313 e. The summed E-state index contributed by atoms with van der Waals surface area (Å²) in [6, 6.07) is 7.78. The average Bonchev–Trinajstić information content (AvgIpc) is 2.85. The molecule has 1 aromatic heterocycles. The molecule has 2 aromatic rings. The molecule has 0 radical (unpaired) electrons. The molecule has 112 valence electrons. The first kappa shape index (κ1) is 15.4. The summed E-state index contributed by atoms with van der Waals surface area (Å²) in [6.45, 7) is 4.94. The summed E-state index contributed by atoms with van der Waals surface area (Å²) >= 11 is 1.16. The van der Waals surface area contributed by atoms with Crippen LogP contribution in [0.15, 0.2) is 29.4 Å². The molecule has 1 aromatic carbocycles. The molecule has 0 amide bonds. The number of rotatable bonds is 7. The van der Waals surface area contributed by atoms with Gasteiger partial charge in [0.2, 0.25) is 0 Å². The van der Waals surface area contributed by atoms with Crippen LogP contribution in [-0.4, -0.2) is 31.6 Å². The van der Waals surface area contributed by atoms with Crippen molar-refractivity contribution < 1.29 is 14.6 Å². The van der Waals surface area contributed by atoms with Gasteiger partial charge in [-0.15, -0.1) is 10.2 Å². The number of thioether (sulfide) groups is 1. The normalized spacial score (nSPS) is 10.6. The van der Waals surface area contributed by atoms with Gasteiger partial charge in [0.15, 0.2) is 11.0 Å². The molecule has 0 saturated heterocycles. The van der Waals surface area contributed by atoms with Crippen LogP contribution in [0.1, 0.15) is 18.3 Å². The fourth-order valence-electron chi connectivity index (χ4n) is 1.83. The highest BCUT2D eigenvalue weighted by atomic mass is 32.2. The molecule has 0 fully saturated rings. The predicted molar refractivity (Wildman–Crippen MR) is 79.6 cm³/mol. The number of hydrogen-bond acceptors (Lipinski definition) is 5. The molecular formula is C14H17N3O3S. The van der Waals surface area contributed by atoms with Crippen molar-refractivity contribution >= 4 is 17.7 Å². The SMILES string of the molecule is CCn1c(COc2cccc(C)c2)nnc1SCC(=O)O. The van der Waals surface area contributed by atoms with Gasteiger partial charge in [-0.25, -0.2) is 0 Å². The Labute approximate surface area is 127 Å². The molecule has 0 aliphatic carbocycles. The maximum atomic E-state index is 10.6. The number of carboxylic acid groups (broad SMARTS) is 1. The Morgan fingerprint density at radius 3 is 2.90 bits per heavy atom. The van der Waals surface area contributed by atoms with E-state index >= 15 is 0 Å². The van der Waals surface area contributed by atoms with Crippen molar-refractivity contribution in [3.8, 4) is 5.75 Å². The second kappa shape index (κ2) is 7.12. The zero-order chi connectivity index (χ0) is 15.2. The summed E-state index contributed by atoms with van der Waals surface area (Å²) < 4.78 is 7.57. The van der Waals surface area contributed by atoms with Crippen LogP contribution in [0.3, 0.4) is 0 Å². The number of aryl methyl sites for hydroxylation is 1. The molecule has 0 unspecified atom stereocenters. The van der Waals surface area contributed by atoms with Gasteiger partial charge in [-0.05, 0) is 31.5 Å². The fourth-order valence-corrected chi connectivity index (χ4v) is 2.57. The Morgan fingerprint density at radius 2 is 2.24 bits per heavy atom. The average molecular weight is 307 g/mol. The van der Waals surface area contributed by atoms with Crippen LogP contribution in [0.5, 0.6) is 5.75 Å². The van der Waals surface area contributed by atoms with Gasteiger partial charge < -0.3 is 14.4 Å². The zero-order valence-corrected chi connectivity index (χ0v) is 12.8. The van der Waals surface area contributed by atoms with Gasteiger partial charge in [0.05, 0.1) is 5.75 Å². The lowest BCUT2D eigenvalue weighted by molar-refractivity contribution is -0.133. The smallest absolute Gasteiger partial charge is 0.313 e. The first-order valence-electron chi connectivity index (χ1n) is 6.56. The lowest BCUT2D eigenvalue weighted by Crippen LogP contribution is -2.08. The van der Waals surface area contributed by atoms with E-state index in [1.807, 2.05) is 42.7 Å². The summed E-state index contributed by atoms with van der Waals surface area (Å²) in [4.78, 5) is 10.6. The molecular weight excluding hydrogens is 290 g/mol. The number of carbonyl (C=O) groups is 1. The van der Waals surface area contributed by atoms with Crippen molar-refractivity contribution in [2.24, 2.45) is 0 Å². The Hall–Kier alpha value is -2.02. The monoisotopic (exact) mass is 307 g/mol. The lowest BCUT2D eigenvalue weighted by Gasteiger charge is -2.08. The third kappa shape index (κ3) is 4.22. The number of hydrogen-bond donors (Lipinski definition) is 1. The fraction of sp³-hybridized carbons (Fsp3) is 0.357. The number of benzene rings is 1. The van der Waals surface area contributed by atoms with E-state index in [1.165, 1.54) is 0 Å². The van der Waals surface area contributed by atoms with E-state index in [-0.39, 0.29) is 5.75 Å². The van der Waals surface area contributed by atoms with Crippen molar-refractivity contribution in [2.75, 3.05) is 5.75 Å². The number of ether oxygens (including phenoxy) is 1. The van der Waals surface area contributed by atoms with Crippen LogP contribution in [0.4, 0.5) is 0 Å². The third-order valence-electron chi connectivity index (χ3n) is 2.79.